The molecule has 1 saturated heterocycles. The lowest BCUT2D eigenvalue weighted by Gasteiger charge is -2.18. The summed E-state index contributed by atoms with van der Waals surface area (Å²) < 4.78 is 0.804. The minimum atomic E-state index is 0.115. The molecule has 1 aliphatic rings. The van der Waals surface area contributed by atoms with E-state index in [1.54, 1.807) is 11.3 Å². The molecule has 0 spiro atoms. The maximum absolute atomic E-state index is 11.8. The Balaban J connectivity index is 1.63. The third-order valence-electron chi connectivity index (χ3n) is 3.12. The fourth-order valence-corrected chi connectivity index (χ4v) is 3.22. The first-order valence-corrected chi connectivity index (χ1v) is 7.87. The third-order valence-corrected chi connectivity index (χ3v) is 4.41. The fraction of sp³-hybridized carbons (Fsp3) is 0.615. The summed E-state index contributed by atoms with van der Waals surface area (Å²) in [5.74, 6) is 0.115. The van der Waals surface area contributed by atoms with Gasteiger partial charge in [-0.1, -0.05) is 11.6 Å². The molecule has 0 atom stereocenters. The first-order chi connectivity index (χ1) is 9.24. The van der Waals surface area contributed by atoms with Crippen LogP contribution >= 0.6 is 22.9 Å². The van der Waals surface area contributed by atoms with Crippen LogP contribution in [0.5, 0.6) is 0 Å². The summed E-state index contributed by atoms with van der Waals surface area (Å²) in [7, 11) is 0. The van der Waals surface area contributed by atoms with E-state index in [1.807, 2.05) is 12.1 Å². The smallest absolute Gasteiger partial charge is 0.234 e. The highest BCUT2D eigenvalue weighted by atomic mass is 35.5. The molecule has 106 valence electrons. The number of carbonyl (C=O) groups excluding carboxylic acids is 1. The highest BCUT2D eigenvalue weighted by Gasteiger charge is 2.12. The van der Waals surface area contributed by atoms with Crippen LogP contribution in [0.1, 0.15) is 11.3 Å². The number of halogens is 1. The average Bonchev–Trinajstić information content (AvgIpc) is 2.63. The van der Waals surface area contributed by atoms with Crippen LogP contribution < -0.4 is 10.6 Å². The summed E-state index contributed by atoms with van der Waals surface area (Å²) in [6.45, 7) is 5.17. The Labute approximate surface area is 123 Å². The second-order valence-electron chi connectivity index (χ2n) is 4.69. The molecule has 0 aromatic carbocycles. The molecule has 19 heavy (non-hydrogen) atoms. The molecule has 2 heterocycles. The minimum Gasteiger partial charge on any atom is -0.355 e. The Morgan fingerprint density at radius 1 is 1.42 bits per heavy atom. The number of hydrogen-bond donors (Lipinski definition) is 2. The Morgan fingerprint density at radius 3 is 3.11 bits per heavy atom. The standard InChI is InChI=1S/C13H20ClN3OS/c14-12-3-2-11(19-12)4-6-16-13(18)10-17-8-1-5-15-7-9-17/h2-3,15H,1,4-10H2,(H,16,18). The lowest BCUT2D eigenvalue weighted by atomic mass is 10.3. The Kier molecular flexibility index (Phi) is 6.10. The van der Waals surface area contributed by atoms with Crippen LogP contribution in [0.2, 0.25) is 4.34 Å². The predicted molar refractivity (Wildman–Crippen MR) is 80.0 cm³/mol. The summed E-state index contributed by atoms with van der Waals surface area (Å²) in [5, 5.41) is 6.30. The van der Waals surface area contributed by atoms with Gasteiger partial charge in [-0.15, -0.1) is 11.3 Å². The Hall–Kier alpha value is -0.620. The van der Waals surface area contributed by atoms with Crippen molar-refractivity contribution in [3.63, 3.8) is 0 Å². The molecule has 6 heteroatoms. The summed E-state index contributed by atoms with van der Waals surface area (Å²) in [6.07, 6.45) is 1.96. The normalized spacial score (nSPS) is 17.1. The molecule has 2 rings (SSSR count). The van der Waals surface area contributed by atoms with Crippen molar-refractivity contribution < 1.29 is 4.79 Å². The van der Waals surface area contributed by atoms with Crippen LogP contribution in [0.15, 0.2) is 12.1 Å². The second-order valence-corrected chi connectivity index (χ2v) is 6.49. The summed E-state index contributed by atoms with van der Waals surface area (Å²) in [5.41, 5.74) is 0. The number of carbonyl (C=O) groups is 1. The molecular formula is C13H20ClN3OS. The second kappa shape index (κ2) is 7.85. The molecule has 0 bridgehead atoms. The van der Waals surface area contributed by atoms with E-state index in [1.165, 1.54) is 4.88 Å². The Bertz CT molecular complexity index is 402. The van der Waals surface area contributed by atoms with Gasteiger partial charge >= 0.3 is 0 Å². The number of nitrogens with one attached hydrogen (secondary N) is 2. The van der Waals surface area contributed by atoms with Gasteiger partial charge in [-0.05, 0) is 38.1 Å². The highest BCUT2D eigenvalue weighted by molar-refractivity contribution is 7.16. The molecule has 4 nitrogen and oxygen atoms in total. The van der Waals surface area contributed by atoms with Crippen LogP contribution in [-0.4, -0.2) is 50.1 Å². The molecule has 0 saturated carbocycles. The molecule has 1 aromatic rings. The van der Waals surface area contributed by atoms with Crippen molar-refractivity contribution in [2.24, 2.45) is 0 Å². The summed E-state index contributed by atoms with van der Waals surface area (Å²) in [4.78, 5) is 15.2. The fourth-order valence-electron chi connectivity index (χ4n) is 2.13. The topological polar surface area (TPSA) is 44.4 Å². The molecule has 1 aromatic heterocycles. The molecule has 1 aliphatic heterocycles. The number of hydrogen-bond acceptors (Lipinski definition) is 4. The van der Waals surface area contributed by atoms with Crippen LogP contribution in [0.3, 0.4) is 0 Å². The molecule has 1 amide bonds. The van der Waals surface area contributed by atoms with E-state index in [9.17, 15) is 4.79 Å². The van der Waals surface area contributed by atoms with Crippen LogP contribution in [0.4, 0.5) is 0 Å². The minimum absolute atomic E-state index is 0.115. The van der Waals surface area contributed by atoms with Gasteiger partial charge < -0.3 is 10.6 Å². The van der Waals surface area contributed by atoms with Gasteiger partial charge in [0.15, 0.2) is 0 Å². The van der Waals surface area contributed by atoms with Crippen molar-refractivity contribution in [1.82, 2.24) is 15.5 Å². The van der Waals surface area contributed by atoms with E-state index in [0.717, 1.165) is 43.4 Å². The maximum Gasteiger partial charge on any atom is 0.234 e. The monoisotopic (exact) mass is 301 g/mol. The number of amides is 1. The van der Waals surface area contributed by atoms with Crippen molar-refractivity contribution in [2.45, 2.75) is 12.8 Å². The van der Waals surface area contributed by atoms with Gasteiger partial charge in [-0.3, -0.25) is 9.69 Å². The van der Waals surface area contributed by atoms with Crippen molar-refractivity contribution in [3.05, 3.63) is 21.3 Å². The molecule has 0 radical (unpaired) electrons. The van der Waals surface area contributed by atoms with E-state index in [4.69, 9.17) is 11.6 Å². The number of rotatable bonds is 5. The van der Waals surface area contributed by atoms with Crippen molar-refractivity contribution in [2.75, 3.05) is 39.3 Å². The van der Waals surface area contributed by atoms with Gasteiger partial charge in [0.1, 0.15) is 0 Å². The zero-order valence-electron chi connectivity index (χ0n) is 11.0. The van der Waals surface area contributed by atoms with Gasteiger partial charge in [0.2, 0.25) is 5.91 Å². The average molecular weight is 302 g/mol. The van der Waals surface area contributed by atoms with E-state index >= 15 is 0 Å². The first kappa shape index (κ1) is 14.8. The van der Waals surface area contributed by atoms with E-state index in [2.05, 4.69) is 15.5 Å². The SMILES string of the molecule is O=C(CN1CCCNCC1)NCCc1ccc(Cl)s1. The van der Waals surface area contributed by atoms with Gasteiger partial charge in [0.05, 0.1) is 10.9 Å². The largest absolute Gasteiger partial charge is 0.355 e. The van der Waals surface area contributed by atoms with Gasteiger partial charge in [-0.2, -0.15) is 0 Å². The van der Waals surface area contributed by atoms with E-state index < -0.39 is 0 Å². The van der Waals surface area contributed by atoms with Gasteiger partial charge in [-0.25, -0.2) is 0 Å². The Morgan fingerprint density at radius 2 is 2.32 bits per heavy atom. The van der Waals surface area contributed by atoms with Crippen LogP contribution in [-0.2, 0) is 11.2 Å². The van der Waals surface area contributed by atoms with Crippen molar-refractivity contribution >= 4 is 28.8 Å². The van der Waals surface area contributed by atoms with Crippen LogP contribution in [0, 0.1) is 0 Å². The lowest BCUT2D eigenvalue weighted by Crippen LogP contribution is -2.39. The van der Waals surface area contributed by atoms with Crippen LogP contribution in [0.25, 0.3) is 0 Å². The molecule has 0 aliphatic carbocycles. The third kappa shape index (κ3) is 5.48. The molecule has 2 N–H and O–H groups in total. The number of thiophene rings is 1. The number of nitrogens with zero attached hydrogens (tertiary/aromatic N) is 1. The maximum atomic E-state index is 11.8. The molecule has 1 fully saturated rings. The van der Waals surface area contributed by atoms with E-state index in [-0.39, 0.29) is 5.91 Å². The zero-order chi connectivity index (χ0) is 13.5. The zero-order valence-corrected chi connectivity index (χ0v) is 12.5. The van der Waals surface area contributed by atoms with Gasteiger partial charge in [0.25, 0.3) is 0 Å². The van der Waals surface area contributed by atoms with Crippen molar-refractivity contribution in [1.29, 1.82) is 0 Å². The van der Waals surface area contributed by atoms with Crippen molar-refractivity contribution in [3.8, 4) is 0 Å². The quantitative estimate of drug-likeness (QED) is 0.863. The summed E-state index contributed by atoms with van der Waals surface area (Å²) >= 11 is 7.44. The molecular weight excluding hydrogens is 282 g/mol. The predicted octanol–water partition coefficient (Wildman–Crippen LogP) is 1.36. The summed E-state index contributed by atoms with van der Waals surface area (Å²) in [6, 6.07) is 3.91. The first-order valence-electron chi connectivity index (χ1n) is 6.68. The highest BCUT2D eigenvalue weighted by Crippen LogP contribution is 2.21. The van der Waals surface area contributed by atoms with E-state index in [0.29, 0.717) is 13.1 Å². The molecule has 0 unspecified atom stereocenters. The lowest BCUT2D eigenvalue weighted by molar-refractivity contribution is -0.122. The van der Waals surface area contributed by atoms with Gasteiger partial charge in [0, 0.05) is 24.5 Å².